The fourth-order valence-electron chi connectivity index (χ4n) is 4.15. The third-order valence-corrected chi connectivity index (χ3v) is 6.09. The number of nitrogens with zero attached hydrogens (tertiary/aromatic N) is 4. The highest BCUT2D eigenvalue weighted by molar-refractivity contribution is 7.15. The van der Waals surface area contributed by atoms with E-state index in [4.69, 9.17) is 15.2 Å². The normalized spacial score (nSPS) is 27.9. The Balaban J connectivity index is 1.56. The van der Waals surface area contributed by atoms with Crippen LogP contribution in [0.4, 0.5) is 5.13 Å². The van der Waals surface area contributed by atoms with Crippen molar-refractivity contribution >= 4 is 16.5 Å². The fourth-order valence-corrected chi connectivity index (χ4v) is 4.88. The molecular formula is C16H23N5OS. The van der Waals surface area contributed by atoms with Gasteiger partial charge >= 0.3 is 0 Å². The first kappa shape index (κ1) is 15.1. The summed E-state index contributed by atoms with van der Waals surface area (Å²) in [5.74, 6) is 2.61. The van der Waals surface area contributed by atoms with Gasteiger partial charge in [-0.1, -0.05) is 25.4 Å². The minimum Gasteiger partial charge on any atom is -0.375 e. The Bertz CT molecular complexity index is 696. The van der Waals surface area contributed by atoms with Crippen LogP contribution in [0, 0.1) is 5.92 Å². The molecule has 2 aromatic rings. The van der Waals surface area contributed by atoms with E-state index < -0.39 is 0 Å². The number of likely N-dealkylation sites (tertiary alicyclic amines) is 1. The largest absolute Gasteiger partial charge is 0.375 e. The van der Waals surface area contributed by atoms with E-state index in [1.54, 1.807) is 11.3 Å². The van der Waals surface area contributed by atoms with Crippen molar-refractivity contribution in [3.63, 3.8) is 0 Å². The van der Waals surface area contributed by atoms with Crippen molar-refractivity contribution in [2.45, 2.75) is 51.0 Å². The van der Waals surface area contributed by atoms with Crippen molar-refractivity contribution in [2.24, 2.45) is 5.92 Å². The second kappa shape index (κ2) is 5.56. The second-order valence-electron chi connectivity index (χ2n) is 7.19. The third kappa shape index (κ3) is 2.55. The highest BCUT2D eigenvalue weighted by Crippen LogP contribution is 2.50. The van der Waals surface area contributed by atoms with E-state index in [1.165, 1.54) is 17.7 Å². The number of nitrogens with two attached hydrogens (primary N) is 1. The second-order valence-corrected chi connectivity index (χ2v) is 8.34. The smallest absolute Gasteiger partial charge is 0.234 e. The zero-order valence-corrected chi connectivity index (χ0v) is 14.5. The molecule has 0 bridgehead atoms. The molecule has 0 unspecified atom stereocenters. The lowest BCUT2D eigenvalue weighted by atomic mass is 9.80. The van der Waals surface area contributed by atoms with Gasteiger partial charge in [-0.05, 0) is 18.8 Å². The molecular weight excluding hydrogens is 310 g/mol. The molecule has 6 nitrogen and oxygen atoms in total. The Kier molecular flexibility index (Phi) is 3.65. The number of rotatable bonds is 4. The molecule has 2 aliphatic rings. The first-order chi connectivity index (χ1) is 11.1. The number of thiazole rings is 1. The average molecular weight is 333 g/mol. The zero-order chi connectivity index (χ0) is 16.0. The Morgan fingerprint density at radius 2 is 2.39 bits per heavy atom. The van der Waals surface area contributed by atoms with E-state index in [9.17, 15) is 0 Å². The van der Waals surface area contributed by atoms with Gasteiger partial charge in [0.25, 0.3) is 0 Å². The van der Waals surface area contributed by atoms with Gasteiger partial charge in [0.15, 0.2) is 11.0 Å². The molecule has 0 radical (unpaired) electrons. The molecule has 2 fully saturated rings. The van der Waals surface area contributed by atoms with E-state index >= 15 is 0 Å². The van der Waals surface area contributed by atoms with E-state index in [-0.39, 0.29) is 5.41 Å². The lowest BCUT2D eigenvalue weighted by Crippen LogP contribution is -2.32. The monoisotopic (exact) mass is 333 g/mol. The fraction of sp³-hybridized carbons (Fsp3) is 0.688. The molecule has 2 aromatic heterocycles. The van der Waals surface area contributed by atoms with Crippen LogP contribution >= 0.6 is 11.3 Å². The van der Waals surface area contributed by atoms with Crippen LogP contribution in [0.2, 0.25) is 0 Å². The number of hydrogen-bond donors (Lipinski definition) is 1. The predicted octanol–water partition coefficient (Wildman–Crippen LogP) is 2.79. The number of aromatic nitrogens is 3. The maximum Gasteiger partial charge on any atom is 0.234 e. The zero-order valence-electron chi connectivity index (χ0n) is 13.7. The molecule has 0 amide bonds. The first-order valence-corrected chi connectivity index (χ1v) is 9.15. The van der Waals surface area contributed by atoms with Crippen molar-refractivity contribution in [1.82, 2.24) is 20.0 Å². The molecule has 2 N–H and O–H groups in total. The van der Waals surface area contributed by atoms with Crippen LogP contribution in [0.5, 0.6) is 0 Å². The quantitative estimate of drug-likeness (QED) is 0.926. The van der Waals surface area contributed by atoms with Crippen molar-refractivity contribution in [3.05, 3.63) is 22.8 Å². The topological polar surface area (TPSA) is 81.1 Å². The van der Waals surface area contributed by atoms with Gasteiger partial charge in [-0.2, -0.15) is 4.98 Å². The van der Waals surface area contributed by atoms with Gasteiger partial charge in [-0.3, -0.25) is 4.90 Å². The molecule has 23 heavy (non-hydrogen) atoms. The molecule has 0 spiro atoms. The predicted molar refractivity (Wildman–Crippen MR) is 89.2 cm³/mol. The molecule has 1 aliphatic carbocycles. The van der Waals surface area contributed by atoms with E-state index in [1.807, 2.05) is 6.20 Å². The SMILES string of the molecule is CC(C)c1noc([C@@]23CCC[C@@H]2CN(Cc2cnc(N)s2)C3)n1. The summed E-state index contributed by atoms with van der Waals surface area (Å²) in [5, 5.41) is 4.84. The van der Waals surface area contributed by atoms with E-state index in [0.29, 0.717) is 17.0 Å². The van der Waals surface area contributed by atoms with Gasteiger partial charge in [0.2, 0.25) is 5.89 Å². The van der Waals surface area contributed by atoms with Gasteiger partial charge in [0, 0.05) is 36.6 Å². The van der Waals surface area contributed by atoms with Crippen molar-refractivity contribution in [2.75, 3.05) is 18.8 Å². The summed E-state index contributed by atoms with van der Waals surface area (Å²) < 4.78 is 5.70. The van der Waals surface area contributed by atoms with Crippen LogP contribution in [0.15, 0.2) is 10.7 Å². The third-order valence-electron chi connectivity index (χ3n) is 5.28. The van der Waals surface area contributed by atoms with Crippen LogP contribution in [0.25, 0.3) is 0 Å². The van der Waals surface area contributed by atoms with E-state index in [0.717, 1.165) is 37.8 Å². The number of nitrogen functional groups attached to an aromatic ring is 1. The van der Waals surface area contributed by atoms with E-state index in [2.05, 4.69) is 28.9 Å². The maximum absolute atomic E-state index is 5.75. The van der Waals surface area contributed by atoms with Crippen molar-refractivity contribution in [1.29, 1.82) is 0 Å². The van der Waals surface area contributed by atoms with Crippen LogP contribution in [-0.4, -0.2) is 33.1 Å². The highest BCUT2D eigenvalue weighted by atomic mass is 32.1. The van der Waals surface area contributed by atoms with Crippen molar-refractivity contribution < 1.29 is 4.52 Å². The van der Waals surface area contributed by atoms with Crippen LogP contribution < -0.4 is 5.73 Å². The minimum absolute atomic E-state index is 0.0520. The summed E-state index contributed by atoms with van der Waals surface area (Å²) in [6.07, 6.45) is 5.55. The highest BCUT2D eigenvalue weighted by Gasteiger charge is 2.54. The molecule has 1 aliphatic heterocycles. The molecule has 2 atom stereocenters. The minimum atomic E-state index is 0.0520. The summed E-state index contributed by atoms with van der Waals surface area (Å²) in [7, 11) is 0. The lowest BCUT2D eigenvalue weighted by molar-refractivity contribution is 0.245. The van der Waals surface area contributed by atoms with Gasteiger partial charge in [-0.15, -0.1) is 11.3 Å². The van der Waals surface area contributed by atoms with Crippen LogP contribution in [0.3, 0.4) is 0 Å². The summed E-state index contributed by atoms with van der Waals surface area (Å²) in [6, 6.07) is 0. The van der Waals surface area contributed by atoms with Crippen molar-refractivity contribution in [3.8, 4) is 0 Å². The Labute approximate surface area is 140 Å². The Morgan fingerprint density at radius 3 is 3.09 bits per heavy atom. The Morgan fingerprint density at radius 1 is 1.52 bits per heavy atom. The van der Waals surface area contributed by atoms with Gasteiger partial charge in [-0.25, -0.2) is 4.98 Å². The molecule has 7 heteroatoms. The summed E-state index contributed by atoms with van der Waals surface area (Å²) in [4.78, 5) is 12.6. The molecule has 3 heterocycles. The van der Waals surface area contributed by atoms with Gasteiger partial charge < -0.3 is 10.3 Å². The van der Waals surface area contributed by atoms with Gasteiger partial charge in [0.1, 0.15) is 0 Å². The molecule has 4 rings (SSSR count). The number of anilines is 1. The van der Waals surface area contributed by atoms with Crippen LogP contribution in [0.1, 0.15) is 55.6 Å². The maximum atomic E-state index is 5.75. The number of fused-ring (bicyclic) bond motifs is 1. The molecule has 1 saturated carbocycles. The molecule has 124 valence electrons. The average Bonchev–Trinajstić information content (AvgIpc) is 3.21. The summed E-state index contributed by atoms with van der Waals surface area (Å²) >= 11 is 1.58. The first-order valence-electron chi connectivity index (χ1n) is 8.33. The number of hydrogen-bond acceptors (Lipinski definition) is 7. The summed E-state index contributed by atoms with van der Waals surface area (Å²) in [6.45, 7) is 7.21. The molecule has 1 saturated heterocycles. The standard InChI is InChI=1S/C16H23N5OS/c1-10(2)13-19-14(22-20-13)16-5-3-4-11(16)7-21(9-16)8-12-6-18-15(17)23-12/h6,10-11H,3-5,7-9H2,1-2H3,(H2,17,18)/t11-,16-/m1/s1. The van der Waals surface area contributed by atoms with Crippen LogP contribution in [-0.2, 0) is 12.0 Å². The summed E-state index contributed by atoms with van der Waals surface area (Å²) in [5.41, 5.74) is 5.80. The molecule has 0 aromatic carbocycles. The Hall–Kier alpha value is -1.47. The lowest BCUT2D eigenvalue weighted by Gasteiger charge is -2.24. The van der Waals surface area contributed by atoms with Gasteiger partial charge in [0.05, 0.1) is 5.41 Å².